The fourth-order valence-electron chi connectivity index (χ4n) is 2.97. The van der Waals surface area contributed by atoms with Crippen LogP contribution in [0.25, 0.3) is 0 Å². The lowest BCUT2D eigenvalue weighted by Gasteiger charge is -2.26. The lowest BCUT2D eigenvalue weighted by atomic mass is 10.0. The monoisotopic (exact) mass is 561 g/mol. The van der Waals surface area contributed by atoms with Crippen LogP contribution in [0.1, 0.15) is 34.6 Å². The lowest BCUT2D eigenvalue weighted by molar-refractivity contribution is -0.136. The van der Waals surface area contributed by atoms with Crippen molar-refractivity contribution in [3.05, 3.63) is 0 Å². The molecule has 17 heteroatoms. The summed E-state index contributed by atoms with van der Waals surface area (Å²) < 4.78 is 0. The molecule has 0 aliphatic heterocycles. The molecule has 0 aliphatic carbocycles. The number of aliphatic hydroxyl groups excluding tert-OH is 3. The highest BCUT2D eigenvalue weighted by molar-refractivity contribution is 5.96. The molecular formula is C22H39N7O10. The largest absolute Gasteiger partial charge is 0.394 e. The molecule has 0 rings (SSSR count). The Morgan fingerprint density at radius 3 is 1.36 bits per heavy atom. The number of carbonyl (C=O) groups excluding carboxylic acids is 7. The van der Waals surface area contributed by atoms with Crippen LogP contribution in [-0.2, 0) is 33.6 Å². The second-order valence-electron chi connectivity index (χ2n) is 9.02. The summed E-state index contributed by atoms with van der Waals surface area (Å²) in [5, 5.41) is 41.5. The van der Waals surface area contributed by atoms with Gasteiger partial charge in [0, 0.05) is 6.92 Å². The van der Waals surface area contributed by atoms with Crippen LogP contribution in [0.5, 0.6) is 0 Å². The molecule has 0 saturated heterocycles. The van der Waals surface area contributed by atoms with Gasteiger partial charge in [-0.2, -0.15) is 0 Å². The van der Waals surface area contributed by atoms with E-state index in [-0.39, 0.29) is 0 Å². The summed E-state index contributed by atoms with van der Waals surface area (Å²) >= 11 is 0. The number of aliphatic hydroxyl groups is 3. The van der Waals surface area contributed by atoms with E-state index in [0.29, 0.717) is 0 Å². The maximum atomic E-state index is 12.8. The predicted molar refractivity (Wildman–Crippen MR) is 134 cm³/mol. The third kappa shape index (κ3) is 12.1. The molecule has 0 radical (unpaired) electrons. The first-order valence-corrected chi connectivity index (χ1v) is 12.0. The Labute approximate surface area is 225 Å². The van der Waals surface area contributed by atoms with E-state index >= 15 is 0 Å². The number of primary amides is 1. The van der Waals surface area contributed by atoms with E-state index in [9.17, 15) is 43.8 Å². The molecule has 0 spiro atoms. The van der Waals surface area contributed by atoms with Crippen molar-refractivity contribution < 1.29 is 48.9 Å². The Hall–Kier alpha value is -3.83. The first-order chi connectivity index (χ1) is 18.1. The minimum atomic E-state index is -1.54. The third-order valence-electron chi connectivity index (χ3n) is 5.29. The van der Waals surface area contributed by atoms with Gasteiger partial charge in [-0.15, -0.1) is 0 Å². The molecule has 0 aliphatic rings. The highest BCUT2D eigenvalue weighted by atomic mass is 16.3. The minimum Gasteiger partial charge on any atom is -0.394 e. The maximum absolute atomic E-state index is 12.8. The average Bonchev–Trinajstić information content (AvgIpc) is 2.85. The summed E-state index contributed by atoms with van der Waals surface area (Å²) in [6, 6.07) is -7.83. The highest BCUT2D eigenvalue weighted by Gasteiger charge is 2.32. The van der Waals surface area contributed by atoms with Crippen molar-refractivity contribution in [2.24, 2.45) is 11.7 Å². The van der Waals surface area contributed by atoms with Crippen molar-refractivity contribution in [3.8, 4) is 0 Å². The quantitative estimate of drug-likeness (QED) is 0.0851. The number of carbonyl (C=O) groups is 7. The molecule has 7 amide bonds. The first-order valence-electron chi connectivity index (χ1n) is 12.0. The number of nitrogens with one attached hydrogen (secondary N) is 6. The molecule has 0 aromatic heterocycles. The predicted octanol–water partition coefficient (Wildman–Crippen LogP) is -5.93. The van der Waals surface area contributed by atoms with Gasteiger partial charge in [-0.3, -0.25) is 33.6 Å². The molecule has 222 valence electrons. The fourth-order valence-corrected chi connectivity index (χ4v) is 2.97. The fraction of sp³-hybridized carbons (Fsp3) is 0.682. The van der Waals surface area contributed by atoms with Gasteiger partial charge in [-0.05, 0) is 19.8 Å². The van der Waals surface area contributed by atoms with E-state index < -0.39 is 103 Å². The van der Waals surface area contributed by atoms with Gasteiger partial charge in [0.15, 0.2) is 0 Å². The summed E-state index contributed by atoms with van der Waals surface area (Å²) in [4.78, 5) is 84.7. The Morgan fingerprint density at radius 2 is 0.949 bits per heavy atom. The maximum Gasteiger partial charge on any atom is 0.245 e. The summed E-state index contributed by atoms with van der Waals surface area (Å²) in [6.45, 7) is 4.55. The smallest absolute Gasteiger partial charge is 0.245 e. The van der Waals surface area contributed by atoms with Gasteiger partial charge in [0.1, 0.15) is 36.3 Å². The number of nitrogens with two attached hydrogens (primary N) is 1. The zero-order chi connectivity index (χ0) is 30.4. The second kappa shape index (κ2) is 16.9. The van der Waals surface area contributed by atoms with Gasteiger partial charge in [0.25, 0.3) is 0 Å². The summed E-state index contributed by atoms with van der Waals surface area (Å²) in [5.41, 5.74) is 5.04. The van der Waals surface area contributed by atoms with Crippen LogP contribution in [0.15, 0.2) is 0 Å². The lowest BCUT2D eigenvalue weighted by Crippen LogP contribution is -2.60. The van der Waals surface area contributed by atoms with E-state index in [1.807, 2.05) is 0 Å². The van der Waals surface area contributed by atoms with Gasteiger partial charge >= 0.3 is 0 Å². The van der Waals surface area contributed by atoms with E-state index in [2.05, 4.69) is 31.9 Å². The zero-order valence-electron chi connectivity index (χ0n) is 22.4. The third-order valence-corrected chi connectivity index (χ3v) is 5.29. The number of hydrogen-bond acceptors (Lipinski definition) is 10. The van der Waals surface area contributed by atoms with Crippen LogP contribution >= 0.6 is 0 Å². The molecular weight excluding hydrogens is 522 g/mol. The van der Waals surface area contributed by atoms with Crippen LogP contribution in [-0.4, -0.2) is 113 Å². The Morgan fingerprint density at radius 1 is 0.564 bits per heavy atom. The van der Waals surface area contributed by atoms with Crippen molar-refractivity contribution in [2.75, 3.05) is 19.8 Å². The molecule has 6 atom stereocenters. The van der Waals surface area contributed by atoms with Gasteiger partial charge in [0.05, 0.1) is 19.8 Å². The van der Waals surface area contributed by atoms with Crippen molar-refractivity contribution in [1.82, 2.24) is 31.9 Å². The molecule has 0 aromatic carbocycles. The average molecular weight is 562 g/mol. The highest BCUT2D eigenvalue weighted by Crippen LogP contribution is 2.04. The van der Waals surface area contributed by atoms with Crippen molar-refractivity contribution in [1.29, 1.82) is 0 Å². The molecule has 0 fully saturated rings. The Kier molecular flexibility index (Phi) is 15.2. The van der Waals surface area contributed by atoms with Crippen LogP contribution in [0.4, 0.5) is 0 Å². The van der Waals surface area contributed by atoms with E-state index in [0.717, 1.165) is 6.92 Å². The number of rotatable bonds is 16. The van der Waals surface area contributed by atoms with Crippen molar-refractivity contribution in [2.45, 2.75) is 70.9 Å². The van der Waals surface area contributed by atoms with Crippen LogP contribution in [0.3, 0.4) is 0 Å². The Bertz CT molecular complexity index is 914. The number of amides is 7. The van der Waals surface area contributed by atoms with Gasteiger partial charge in [0.2, 0.25) is 41.4 Å². The summed E-state index contributed by atoms with van der Waals surface area (Å²) in [7, 11) is 0. The topological polar surface area (TPSA) is 278 Å². The second-order valence-corrected chi connectivity index (χ2v) is 9.02. The van der Waals surface area contributed by atoms with Gasteiger partial charge in [-0.1, -0.05) is 13.8 Å². The summed E-state index contributed by atoms with van der Waals surface area (Å²) in [6.07, 6.45) is 0. The molecule has 0 saturated carbocycles. The molecule has 0 heterocycles. The molecule has 0 aromatic rings. The number of hydrogen-bond donors (Lipinski definition) is 10. The van der Waals surface area contributed by atoms with Crippen LogP contribution < -0.4 is 37.6 Å². The summed E-state index contributed by atoms with van der Waals surface area (Å²) in [5.74, 6) is -6.38. The standard InChI is InChI=1S/C22H39N7O10/c1-9(2)16(22(39)28-15(8-32)21(38)27-13(6-30)17(23)34)29-19(36)11(4)24-18(35)10(3)25-20(37)14(7-31)26-12(5)33/h9-11,13-16,30-32H,6-8H2,1-5H3,(H2,23,34)(H,24,35)(H,25,37)(H,26,33)(H,27,38)(H,28,39)(H,29,36)/t10-,11-,13-,14-,15-,16-/m0/s1. The molecule has 17 nitrogen and oxygen atoms in total. The van der Waals surface area contributed by atoms with E-state index in [4.69, 9.17) is 10.8 Å². The first kappa shape index (κ1) is 35.2. The van der Waals surface area contributed by atoms with Crippen molar-refractivity contribution in [3.63, 3.8) is 0 Å². The Balaban J connectivity index is 5.19. The minimum absolute atomic E-state index is 0.516. The van der Waals surface area contributed by atoms with E-state index in [1.54, 1.807) is 13.8 Å². The normalized spacial score (nSPS) is 15.4. The van der Waals surface area contributed by atoms with Crippen molar-refractivity contribution >= 4 is 41.4 Å². The van der Waals surface area contributed by atoms with Gasteiger partial charge < -0.3 is 53.0 Å². The molecule has 0 unspecified atom stereocenters. The van der Waals surface area contributed by atoms with E-state index in [1.165, 1.54) is 13.8 Å². The van der Waals surface area contributed by atoms with Crippen LogP contribution in [0, 0.1) is 5.92 Å². The SMILES string of the molecule is CC(=O)N[C@@H](CO)C(=O)N[C@@H](C)C(=O)N[C@@H](C)C(=O)N[C@H](C(=O)N[C@@H](CO)C(=O)N[C@@H](CO)C(N)=O)C(C)C. The van der Waals surface area contributed by atoms with Gasteiger partial charge in [-0.25, -0.2) is 0 Å². The molecule has 39 heavy (non-hydrogen) atoms. The molecule has 0 bridgehead atoms. The molecule has 11 N–H and O–H groups in total. The zero-order valence-corrected chi connectivity index (χ0v) is 22.4. The van der Waals surface area contributed by atoms with Crippen LogP contribution in [0.2, 0.25) is 0 Å².